The molecule has 0 saturated carbocycles. The van der Waals surface area contributed by atoms with E-state index in [1.54, 1.807) is 0 Å². The number of hydrogen-bond donors (Lipinski definition) is 2. The van der Waals surface area contributed by atoms with Crippen molar-refractivity contribution in [3.05, 3.63) is 30.2 Å². The number of aliphatic carboxylic acids is 1. The Morgan fingerprint density at radius 2 is 2.04 bits per heavy atom. The van der Waals surface area contributed by atoms with Crippen LogP contribution in [0, 0.1) is 0 Å². The molecule has 0 radical (unpaired) electrons. The third-order valence-electron chi connectivity index (χ3n) is 4.89. The molecule has 3 aromatic heterocycles. The Labute approximate surface area is 153 Å². The lowest BCUT2D eigenvalue weighted by Gasteiger charge is -2.29. The van der Waals surface area contributed by atoms with E-state index >= 15 is 0 Å². The quantitative estimate of drug-likeness (QED) is 0.640. The minimum atomic E-state index is -0.755. The highest BCUT2D eigenvalue weighted by atomic mass is 16.4. The summed E-state index contributed by atoms with van der Waals surface area (Å²) in [5.74, 6) is -0.755. The molecule has 3 aromatic rings. The molecule has 3 heterocycles. The zero-order chi connectivity index (χ0) is 18.8. The van der Waals surface area contributed by atoms with Crippen molar-refractivity contribution in [2.24, 2.45) is 0 Å². The Balaban J connectivity index is 1.94. The van der Waals surface area contributed by atoms with Crippen LogP contribution in [0.3, 0.4) is 0 Å². The molecule has 2 N–H and O–H groups in total. The monoisotopic (exact) mass is 356 g/mol. The number of carbonyl (C=O) groups is 1. The first-order valence-electron chi connectivity index (χ1n) is 9.29. The summed E-state index contributed by atoms with van der Waals surface area (Å²) in [5, 5.41) is 9.97. The fourth-order valence-corrected chi connectivity index (χ4v) is 3.63. The summed E-state index contributed by atoms with van der Waals surface area (Å²) in [5.41, 5.74) is 4.25. The molecule has 0 bridgehead atoms. The van der Waals surface area contributed by atoms with Crippen LogP contribution in [-0.2, 0) is 17.9 Å². The van der Waals surface area contributed by atoms with Gasteiger partial charge in [0.05, 0.1) is 16.6 Å². The molecule has 3 rings (SSSR count). The number of hydrogen-bond acceptors (Lipinski definition) is 3. The van der Waals surface area contributed by atoms with E-state index in [4.69, 9.17) is 5.11 Å². The average molecular weight is 356 g/mol. The van der Waals surface area contributed by atoms with Gasteiger partial charge in [-0.25, -0.2) is 0 Å². The third-order valence-corrected chi connectivity index (χ3v) is 4.89. The Morgan fingerprint density at radius 3 is 2.69 bits per heavy atom. The van der Waals surface area contributed by atoms with Crippen molar-refractivity contribution in [1.29, 1.82) is 0 Å². The first kappa shape index (κ1) is 18.5. The molecule has 0 atom stereocenters. The van der Waals surface area contributed by atoms with Crippen LogP contribution < -0.4 is 0 Å². The molecule has 0 aromatic carbocycles. The maximum absolute atomic E-state index is 10.8. The van der Waals surface area contributed by atoms with Crippen molar-refractivity contribution in [2.45, 2.75) is 65.7 Å². The van der Waals surface area contributed by atoms with Crippen LogP contribution in [0.2, 0.25) is 0 Å². The third kappa shape index (κ3) is 3.75. The summed E-state index contributed by atoms with van der Waals surface area (Å²) < 4.78 is 2.11. The summed E-state index contributed by atoms with van der Waals surface area (Å²) in [4.78, 5) is 21.4. The molecule has 0 aliphatic carbocycles. The van der Waals surface area contributed by atoms with E-state index in [1.807, 2.05) is 18.5 Å². The van der Waals surface area contributed by atoms with Crippen molar-refractivity contribution >= 4 is 27.9 Å². The zero-order valence-corrected chi connectivity index (χ0v) is 16.0. The van der Waals surface area contributed by atoms with Crippen LogP contribution in [-0.4, -0.2) is 42.6 Å². The largest absolute Gasteiger partial charge is 0.481 e. The molecular weight excluding hydrogens is 328 g/mol. The second-order valence-electron chi connectivity index (χ2n) is 7.48. The van der Waals surface area contributed by atoms with Crippen LogP contribution in [0.1, 0.15) is 46.2 Å². The van der Waals surface area contributed by atoms with E-state index in [9.17, 15) is 4.79 Å². The van der Waals surface area contributed by atoms with Gasteiger partial charge in [-0.2, -0.15) is 0 Å². The van der Waals surface area contributed by atoms with E-state index < -0.39 is 5.97 Å². The minimum absolute atomic E-state index is 0.177. The molecule has 0 aliphatic rings. The Morgan fingerprint density at radius 1 is 1.31 bits per heavy atom. The van der Waals surface area contributed by atoms with Gasteiger partial charge in [0.1, 0.15) is 0 Å². The van der Waals surface area contributed by atoms with Gasteiger partial charge in [-0.15, -0.1) is 0 Å². The Kier molecular flexibility index (Phi) is 5.32. The molecule has 6 heteroatoms. The van der Waals surface area contributed by atoms with Gasteiger partial charge in [-0.1, -0.05) is 0 Å². The van der Waals surface area contributed by atoms with Crippen LogP contribution in [0.25, 0.3) is 21.9 Å². The molecule has 0 spiro atoms. The predicted molar refractivity (Wildman–Crippen MR) is 104 cm³/mol. The summed E-state index contributed by atoms with van der Waals surface area (Å²) in [7, 11) is 0. The molecule has 0 aliphatic heterocycles. The van der Waals surface area contributed by atoms with E-state index in [1.165, 1.54) is 5.69 Å². The maximum atomic E-state index is 10.8. The number of nitrogens with one attached hydrogen (secondary N) is 1. The highest BCUT2D eigenvalue weighted by Crippen LogP contribution is 2.26. The van der Waals surface area contributed by atoms with Crippen molar-refractivity contribution < 1.29 is 9.90 Å². The number of carboxylic acid groups (broad SMARTS) is 1. The molecule has 0 saturated heterocycles. The summed E-state index contributed by atoms with van der Waals surface area (Å²) >= 11 is 0. The fourth-order valence-electron chi connectivity index (χ4n) is 3.63. The predicted octanol–water partition coefficient (Wildman–Crippen LogP) is 4.00. The highest BCUT2D eigenvalue weighted by molar-refractivity contribution is 6.01. The van der Waals surface area contributed by atoms with Gasteiger partial charge in [-0.3, -0.25) is 14.7 Å². The molecular formula is C20H28N4O2. The smallest absolute Gasteiger partial charge is 0.303 e. The van der Waals surface area contributed by atoms with Gasteiger partial charge in [0, 0.05) is 55.1 Å². The molecule has 0 fully saturated rings. The number of fused-ring (bicyclic) bond motifs is 3. The van der Waals surface area contributed by atoms with E-state index in [0.717, 1.165) is 28.5 Å². The van der Waals surface area contributed by atoms with Crippen molar-refractivity contribution in [3.63, 3.8) is 0 Å². The van der Waals surface area contributed by atoms with Gasteiger partial charge < -0.3 is 14.7 Å². The normalized spacial score (nSPS) is 12.3. The first-order valence-corrected chi connectivity index (χ1v) is 9.29. The average Bonchev–Trinajstić information content (AvgIpc) is 3.14. The minimum Gasteiger partial charge on any atom is -0.481 e. The number of carboxylic acids is 1. The van der Waals surface area contributed by atoms with Crippen molar-refractivity contribution in [2.75, 3.05) is 0 Å². The van der Waals surface area contributed by atoms with Crippen LogP contribution in [0.4, 0.5) is 0 Å². The molecule has 140 valence electrons. The second kappa shape index (κ2) is 7.50. The SMILES string of the molecule is CC(C)N(Cc1cc2cnc3ccn(CCCC(=O)O)c3c2[nH]1)C(C)C. The van der Waals surface area contributed by atoms with Gasteiger partial charge in [0.2, 0.25) is 0 Å². The second-order valence-corrected chi connectivity index (χ2v) is 7.48. The molecule has 26 heavy (non-hydrogen) atoms. The summed E-state index contributed by atoms with van der Waals surface area (Å²) in [6.07, 6.45) is 4.69. The number of nitrogens with zero attached hydrogens (tertiary/aromatic N) is 3. The van der Waals surface area contributed by atoms with Crippen molar-refractivity contribution in [1.82, 2.24) is 19.4 Å². The van der Waals surface area contributed by atoms with Crippen LogP contribution in [0.5, 0.6) is 0 Å². The van der Waals surface area contributed by atoms with Gasteiger partial charge >= 0.3 is 5.97 Å². The standard InChI is InChI=1S/C20H28N4O2/c1-13(2)24(14(3)4)12-16-10-15-11-21-17-7-9-23(8-5-6-18(25)26)20(17)19(15)22-16/h7,9-11,13-14,22H,5-6,8,12H2,1-4H3,(H,25,26). The number of H-pyrrole nitrogens is 1. The Hall–Kier alpha value is -2.34. The van der Waals surface area contributed by atoms with Crippen molar-refractivity contribution in [3.8, 4) is 0 Å². The number of pyridine rings is 1. The number of rotatable bonds is 8. The summed E-state index contributed by atoms with van der Waals surface area (Å²) in [6, 6.07) is 5.11. The summed E-state index contributed by atoms with van der Waals surface area (Å²) in [6.45, 7) is 10.4. The van der Waals surface area contributed by atoms with Crippen LogP contribution in [0.15, 0.2) is 24.5 Å². The maximum Gasteiger partial charge on any atom is 0.303 e. The fraction of sp³-hybridized carbons (Fsp3) is 0.500. The van der Waals surface area contributed by atoms with Crippen LogP contribution >= 0.6 is 0 Å². The zero-order valence-electron chi connectivity index (χ0n) is 16.0. The highest BCUT2D eigenvalue weighted by Gasteiger charge is 2.16. The first-order chi connectivity index (χ1) is 12.4. The van der Waals surface area contributed by atoms with E-state index in [0.29, 0.717) is 25.0 Å². The van der Waals surface area contributed by atoms with Gasteiger partial charge in [0.25, 0.3) is 0 Å². The van der Waals surface area contributed by atoms with Gasteiger partial charge in [-0.05, 0) is 46.2 Å². The topological polar surface area (TPSA) is 74.2 Å². The lowest BCUT2D eigenvalue weighted by Crippen LogP contribution is -2.36. The number of aromatic nitrogens is 3. The van der Waals surface area contributed by atoms with Gasteiger partial charge in [0.15, 0.2) is 0 Å². The number of aromatic amines is 1. The Bertz CT molecular complexity index is 899. The van der Waals surface area contributed by atoms with E-state index in [-0.39, 0.29) is 6.42 Å². The number of aryl methyl sites for hydroxylation is 1. The lowest BCUT2D eigenvalue weighted by atomic mass is 10.2. The molecule has 0 unspecified atom stereocenters. The molecule has 6 nitrogen and oxygen atoms in total. The molecule has 0 amide bonds. The lowest BCUT2D eigenvalue weighted by molar-refractivity contribution is -0.137. The van der Waals surface area contributed by atoms with E-state index in [2.05, 4.69) is 53.2 Å².